The Bertz CT molecular complexity index is 482. The number of ketones is 1. The molecule has 0 saturated heterocycles. The number of nitrogens with two attached hydrogens (primary N) is 1. The lowest BCUT2D eigenvalue weighted by Crippen LogP contribution is -2.41. The fourth-order valence-electron chi connectivity index (χ4n) is 1.70. The highest BCUT2D eigenvalue weighted by atomic mass is 16.6. The van der Waals surface area contributed by atoms with Gasteiger partial charge in [0.25, 0.3) is 0 Å². The van der Waals surface area contributed by atoms with E-state index in [-0.39, 0.29) is 25.5 Å². The van der Waals surface area contributed by atoms with Crippen molar-refractivity contribution in [3.05, 3.63) is 47.7 Å². The van der Waals surface area contributed by atoms with Gasteiger partial charge in [0.05, 0.1) is 13.1 Å². The molecule has 1 aliphatic rings. The van der Waals surface area contributed by atoms with Crippen molar-refractivity contribution in [3.8, 4) is 0 Å². The Morgan fingerprint density at radius 1 is 1.28 bits per heavy atom. The van der Waals surface area contributed by atoms with Crippen LogP contribution >= 0.6 is 0 Å². The van der Waals surface area contributed by atoms with Crippen molar-refractivity contribution in [1.29, 1.82) is 0 Å². The molecule has 18 heavy (non-hydrogen) atoms. The minimum absolute atomic E-state index is 0.0221. The molecule has 0 aromatic heterocycles. The van der Waals surface area contributed by atoms with Gasteiger partial charge in [-0.05, 0) is 5.56 Å². The van der Waals surface area contributed by atoms with Gasteiger partial charge >= 0.3 is 6.09 Å². The number of rotatable bonds is 2. The van der Waals surface area contributed by atoms with Gasteiger partial charge in [-0.1, -0.05) is 30.3 Å². The maximum atomic E-state index is 11.7. The molecule has 0 fully saturated rings. The third-order valence-electron chi connectivity index (χ3n) is 2.53. The molecule has 94 valence electrons. The summed E-state index contributed by atoms with van der Waals surface area (Å²) in [6.07, 6.45) is 0.823. The Morgan fingerprint density at radius 2 is 2.00 bits per heavy atom. The van der Waals surface area contributed by atoms with Crippen LogP contribution in [-0.4, -0.2) is 29.9 Å². The highest BCUT2D eigenvalue weighted by molar-refractivity contribution is 5.95. The molecule has 5 nitrogen and oxygen atoms in total. The molecule has 1 aromatic carbocycles. The van der Waals surface area contributed by atoms with Crippen LogP contribution < -0.4 is 5.73 Å². The van der Waals surface area contributed by atoms with Crippen LogP contribution in [0.5, 0.6) is 0 Å². The van der Waals surface area contributed by atoms with Gasteiger partial charge in [0.1, 0.15) is 6.61 Å². The summed E-state index contributed by atoms with van der Waals surface area (Å²) in [5, 5.41) is 0. The van der Waals surface area contributed by atoms with E-state index in [1.165, 1.54) is 11.0 Å². The molecule has 0 unspecified atom stereocenters. The molecule has 1 amide bonds. The molecule has 0 spiro atoms. The van der Waals surface area contributed by atoms with Gasteiger partial charge in [-0.3, -0.25) is 9.69 Å². The topological polar surface area (TPSA) is 72.6 Å². The van der Waals surface area contributed by atoms with Crippen LogP contribution in [0.1, 0.15) is 5.56 Å². The van der Waals surface area contributed by atoms with Crippen molar-refractivity contribution in [1.82, 2.24) is 4.90 Å². The highest BCUT2D eigenvalue weighted by Gasteiger charge is 2.22. The second-order valence-electron chi connectivity index (χ2n) is 4.08. The minimum atomic E-state index is -0.525. The molecular formula is C13H14N2O3. The van der Waals surface area contributed by atoms with E-state index in [9.17, 15) is 9.59 Å². The van der Waals surface area contributed by atoms with Gasteiger partial charge in [0.15, 0.2) is 5.78 Å². The predicted molar refractivity (Wildman–Crippen MR) is 65.5 cm³/mol. The first-order chi connectivity index (χ1) is 8.65. The Balaban J connectivity index is 1.89. The normalized spacial score (nSPS) is 15.2. The number of ether oxygens (including phenoxy) is 1. The molecule has 1 aliphatic heterocycles. The largest absolute Gasteiger partial charge is 0.445 e. The molecule has 0 radical (unpaired) electrons. The average Bonchev–Trinajstić information content (AvgIpc) is 2.36. The van der Waals surface area contributed by atoms with Gasteiger partial charge < -0.3 is 10.5 Å². The summed E-state index contributed by atoms with van der Waals surface area (Å²) in [5.74, 6) is -0.185. The maximum absolute atomic E-state index is 11.7. The first-order valence-electron chi connectivity index (χ1n) is 5.59. The Labute approximate surface area is 105 Å². The van der Waals surface area contributed by atoms with Crippen molar-refractivity contribution < 1.29 is 14.3 Å². The summed E-state index contributed by atoms with van der Waals surface area (Å²) >= 11 is 0. The van der Waals surface area contributed by atoms with Gasteiger partial charge in [-0.15, -0.1) is 0 Å². The van der Waals surface area contributed by atoms with Gasteiger partial charge in [0, 0.05) is 11.8 Å². The quantitative estimate of drug-likeness (QED) is 0.846. The summed E-state index contributed by atoms with van der Waals surface area (Å²) in [4.78, 5) is 24.3. The van der Waals surface area contributed by atoms with E-state index in [2.05, 4.69) is 0 Å². The third-order valence-corrected chi connectivity index (χ3v) is 2.53. The molecule has 0 bridgehead atoms. The van der Waals surface area contributed by atoms with Crippen LogP contribution in [0.25, 0.3) is 0 Å². The minimum Gasteiger partial charge on any atom is -0.445 e. The molecule has 2 rings (SSSR count). The van der Waals surface area contributed by atoms with E-state index < -0.39 is 6.09 Å². The zero-order valence-corrected chi connectivity index (χ0v) is 9.83. The van der Waals surface area contributed by atoms with Crippen LogP contribution in [0.3, 0.4) is 0 Å². The summed E-state index contributed by atoms with van der Waals surface area (Å²) in [5.41, 5.74) is 6.83. The number of nitrogens with zero attached hydrogens (tertiary/aromatic N) is 1. The van der Waals surface area contributed by atoms with E-state index in [1.54, 1.807) is 0 Å². The summed E-state index contributed by atoms with van der Waals surface area (Å²) in [6.45, 7) is 0.446. The average molecular weight is 246 g/mol. The fraction of sp³-hybridized carbons (Fsp3) is 0.231. The summed E-state index contributed by atoms with van der Waals surface area (Å²) in [7, 11) is 0. The van der Waals surface area contributed by atoms with Crippen molar-refractivity contribution in [3.63, 3.8) is 0 Å². The predicted octanol–water partition coefficient (Wildman–Crippen LogP) is 1.05. The molecule has 0 saturated carbocycles. The summed E-state index contributed by atoms with van der Waals surface area (Å²) < 4.78 is 5.12. The molecule has 2 N–H and O–H groups in total. The Morgan fingerprint density at radius 3 is 2.67 bits per heavy atom. The van der Waals surface area contributed by atoms with Crippen molar-refractivity contribution in [2.24, 2.45) is 5.73 Å². The smallest absolute Gasteiger partial charge is 0.410 e. The number of hydrogen-bond donors (Lipinski definition) is 1. The van der Waals surface area contributed by atoms with E-state index in [0.717, 1.165) is 5.56 Å². The first kappa shape index (κ1) is 12.2. The maximum Gasteiger partial charge on any atom is 0.410 e. The molecule has 1 aromatic rings. The number of benzene rings is 1. The summed E-state index contributed by atoms with van der Waals surface area (Å²) in [6, 6.07) is 9.36. The van der Waals surface area contributed by atoms with E-state index in [0.29, 0.717) is 5.70 Å². The lowest BCUT2D eigenvalue weighted by Gasteiger charge is -2.24. The zero-order chi connectivity index (χ0) is 13.0. The van der Waals surface area contributed by atoms with E-state index >= 15 is 0 Å². The first-order valence-corrected chi connectivity index (χ1v) is 5.59. The molecular weight excluding hydrogens is 232 g/mol. The lowest BCUT2D eigenvalue weighted by molar-refractivity contribution is -0.116. The SMILES string of the molecule is NC1=CC(=O)CN(C(=O)OCc2ccccc2)C1. The standard InChI is InChI=1S/C13H14N2O3/c14-11-6-12(16)8-15(7-11)13(17)18-9-10-4-2-1-3-5-10/h1-6H,7-9,14H2. The number of carbonyl (C=O) groups excluding carboxylic acids is 2. The monoisotopic (exact) mass is 246 g/mol. The van der Waals surface area contributed by atoms with Gasteiger partial charge in [-0.2, -0.15) is 0 Å². The van der Waals surface area contributed by atoms with Gasteiger partial charge in [-0.25, -0.2) is 4.79 Å². The molecule has 5 heteroatoms. The second kappa shape index (κ2) is 5.35. The van der Waals surface area contributed by atoms with Crippen LogP contribution in [0, 0.1) is 0 Å². The zero-order valence-electron chi connectivity index (χ0n) is 9.83. The number of amides is 1. The second-order valence-corrected chi connectivity index (χ2v) is 4.08. The molecule has 1 heterocycles. The molecule has 0 aliphatic carbocycles. The van der Waals surface area contributed by atoms with Crippen LogP contribution in [-0.2, 0) is 16.1 Å². The van der Waals surface area contributed by atoms with E-state index in [1.807, 2.05) is 30.3 Å². The van der Waals surface area contributed by atoms with Crippen LogP contribution in [0.15, 0.2) is 42.1 Å². The van der Waals surface area contributed by atoms with Crippen molar-refractivity contribution >= 4 is 11.9 Å². The fourth-order valence-corrected chi connectivity index (χ4v) is 1.70. The number of carbonyl (C=O) groups is 2. The number of hydrogen-bond acceptors (Lipinski definition) is 4. The highest BCUT2D eigenvalue weighted by Crippen LogP contribution is 2.07. The lowest BCUT2D eigenvalue weighted by atomic mass is 10.2. The van der Waals surface area contributed by atoms with Crippen LogP contribution in [0.2, 0.25) is 0 Å². The van der Waals surface area contributed by atoms with Crippen LogP contribution in [0.4, 0.5) is 4.79 Å². The Hall–Kier alpha value is -2.30. The Kier molecular flexibility index (Phi) is 3.62. The van der Waals surface area contributed by atoms with Crippen molar-refractivity contribution in [2.45, 2.75) is 6.61 Å². The van der Waals surface area contributed by atoms with Gasteiger partial charge in [0.2, 0.25) is 0 Å². The third kappa shape index (κ3) is 3.10. The van der Waals surface area contributed by atoms with E-state index in [4.69, 9.17) is 10.5 Å². The molecule has 0 atom stereocenters. The van der Waals surface area contributed by atoms with Crippen molar-refractivity contribution in [2.75, 3.05) is 13.1 Å².